The van der Waals surface area contributed by atoms with Crippen molar-refractivity contribution in [1.82, 2.24) is 9.71 Å². The van der Waals surface area contributed by atoms with Crippen molar-refractivity contribution < 1.29 is 22.7 Å². The van der Waals surface area contributed by atoms with E-state index in [2.05, 4.69) is 9.71 Å². The Bertz CT molecular complexity index is 948. The van der Waals surface area contributed by atoms with Crippen molar-refractivity contribution in [3.63, 3.8) is 0 Å². The Kier molecular flexibility index (Phi) is 7.18. The summed E-state index contributed by atoms with van der Waals surface area (Å²) in [6.45, 7) is 1.01. The summed E-state index contributed by atoms with van der Waals surface area (Å²) < 4.78 is 31.1. The number of Topliss-reactive ketones (excluding diaryl/α,β-unsaturated/α-hetero) is 1. The molecule has 0 aliphatic carbocycles. The van der Waals surface area contributed by atoms with E-state index >= 15 is 0 Å². The van der Waals surface area contributed by atoms with Gasteiger partial charge in [-0.1, -0.05) is 18.2 Å². The molecule has 1 atom stereocenters. The van der Waals surface area contributed by atoms with Crippen LogP contribution in [0.5, 0.6) is 0 Å². The minimum atomic E-state index is -3.71. The topological polar surface area (TPSA) is 126 Å². The summed E-state index contributed by atoms with van der Waals surface area (Å²) >= 11 is 1.19. The first-order chi connectivity index (χ1) is 12.8. The lowest BCUT2D eigenvalue weighted by atomic mass is 10.1. The van der Waals surface area contributed by atoms with Gasteiger partial charge in [0.1, 0.15) is 5.01 Å². The second-order valence-electron chi connectivity index (χ2n) is 5.48. The van der Waals surface area contributed by atoms with Crippen LogP contribution in [-0.4, -0.2) is 38.3 Å². The van der Waals surface area contributed by atoms with Crippen molar-refractivity contribution in [2.45, 2.75) is 24.2 Å². The molecule has 0 bridgehead atoms. The first-order valence-electron chi connectivity index (χ1n) is 7.88. The average molecular weight is 407 g/mol. The number of nitriles is 1. The van der Waals surface area contributed by atoms with Crippen LogP contribution in [0.25, 0.3) is 0 Å². The highest BCUT2D eigenvalue weighted by molar-refractivity contribution is 7.89. The standard InChI is InChI=1S/C17H17N3O5S2/c1-12-11-26-17(20-12)14(9-18)15(21)10-25-16(22)7-8-19-27(23,24)13-5-3-2-4-6-13/h2-6,11,14,19H,7-8,10H2,1H3/t14-/m1/s1. The molecule has 1 N–H and O–H groups in total. The second-order valence-corrected chi connectivity index (χ2v) is 8.13. The van der Waals surface area contributed by atoms with Crippen LogP contribution in [0.4, 0.5) is 0 Å². The van der Waals surface area contributed by atoms with Gasteiger partial charge in [-0.15, -0.1) is 11.3 Å². The van der Waals surface area contributed by atoms with Crippen LogP contribution in [0.2, 0.25) is 0 Å². The van der Waals surface area contributed by atoms with Gasteiger partial charge in [0.25, 0.3) is 0 Å². The fourth-order valence-corrected chi connectivity index (χ4v) is 3.96. The molecular weight excluding hydrogens is 390 g/mol. The predicted octanol–water partition coefficient (Wildman–Crippen LogP) is 1.54. The SMILES string of the molecule is Cc1csc([C@H](C#N)C(=O)COC(=O)CCNS(=O)(=O)c2ccccc2)n1. The van der Waals surface area contributed by atoms with E-state index in [9.17, 15) is 18.0 Å². The number of carbonyl (C=O) groups excluding carboxylic acids is 2. The molecule has 2 rings (SSSR count). The number of thiazole rings is 1. The molecule has 0 aliphatic rings. The maximum absolute atomic E-state index is 12.1. The molecule has 0 aliphatic heterocycles. The number of ether oxygens (including phenoxy) is 1. The normalized spacial score (nSPS) is 12.1. The van der Waals surface area contributed by atoms with Gasteiger partial charge < -0.3 is 4.74 Å². The molecule has 1 heterocycles. The number of aromatic nitrogens is 1. The first kappa shape index (κ1) is 20.7. The number of ketones is 1. The highest BCUT2D eigenvalue weighted by Gasteiger charge is 2.24. The van der Waals surface area contributed by atoms with E-state index in [0.29, 0.717) is 10.7 Å². The third kappa shape index (κ3) is 5.96. The Morgan fingerprint density at radius 1 is 1.33 bits per heavy atom. The lowest BCUT2D eigenvalue weighted by molar-refractivity contribution is -0.147. The molecule has 1 aromatic carbocycles. The summed E-state index contributed by atoms with van der Waals surface area (Å²) in [4.78, 5) is 28.0. The second kappa shape index (κ2) is 9.36. The minimum Gasteiger partial charge on any atom is -0.458 e. The molecule has 0 radical (unpaired) electrons. The number of hydrogen-bond donors (Lipinski definition) is 1. The fraction of sp³-hybridized carbons (Fsp3) is 0.294. The fourth-order valence-electron chi connectivity index (χ4n) is 2.05. The first-order valence-corrected chi connectivity index (χ1v) is 10.2. The lowest BCUT2D eigenvalue weighted by Gasteiger charge is -2.08. The van der Waals surface area contributed by atoms with Crippen molar-refractivity contribution in [3.8, 4) is 6.07 Å². The Balaban J connectivity index is 1.79. The Hall–Kier alpha value is -2.61. The average Bonchev–Trinajstić information content (AvgIpc) is 3.07. The van der Waals surface area contributed by atoms with Crippen LogP contribution >= 0.6 is 11.3 Å². The maximum Gasteiger partial charge on any atom is 0.307 e. The van der Waals surface area contributed by atoms with E-state index in [1.54, 1.807) is 30.5 Å². The van der Waals surface area contributed by atoms with Gasteiger partial charge >= 0.3 is 5.97 Å². The van der Waals surface area contributed by atoms with Gasteiger partial charge in [0.05, 0.1) is 17.4 Å². The molecular formula is C17H17N3O5S2. The third-order valence-electron chi connectivity index (χ3n) is 3.38. The quantitative estimate of drug-likeness (QED) is 0.625. The number of rotatable bonds is 9. The summed E-state index contributed by atoms with van der Waals surface area (Å²) in [6.07, 6.45) is -0.243. The molecule has 0 amide bonds. The van der Waals surface area contributed by atoms with Crippen molar-refractivity contribution in [2.24, 2.45) is 0 Å². The highest BCUT2D eigenvalue weighted by atomic mass is 32.2. The number of nitrogens with one attached hydrogen (secondary N) is 1. The number of sulfonamides is 1. The van der Waals surface area contributed by atoms with E-state index in [4.69, 9.17) is 10.00 Å². The molecule has 0 fully saturated rings. The van der Waals surface area contributed by atoms with Crippen LogP contribution < -0.4 is 4.72 Å². The maximum atomic E-state index is 12.1. The number of hydrogen-bond acceptors (Lipinski definition) is 8. The van der Waals surface area contributed by atoms with Gasteiger partial charge in [0.15, 0.2) is 18.3 Å². The summed E-state index contributed by atoms with van der Waals surface area (Å²) in [6, 6.07) is 9.58. The third-order valence-corrected chi connectivity index (χ3v) is 5.89. The van der Waals surface area contributed by atoms with E-state index in [1.165, 1.54) is 23.5 Å². The van der Waals surface area contributed by atoms with E-state index in [-0.39, 0.29) is 17.9 Å². The van der Waals surface area contributed by atoms with Gasteiger partial charge in [-0.25, -0.2) is 18.1 Å². The summed E-state index contributed by atoms with van der Waals surface area (Å²) in [7, 11) is -3.71. The Morgan fingerprint density at radius 2 is 2.04 bits per heavy atom. The van der Waals surface area contributed by atoms with E-state index in [0.717, 1.165) is 0 Å². The van der Waals surface area contributed by atoms with Crippen molar-refractivity contribution in [2.75, 3.05) is 13.2 Å². The molecule has 0 spiro atoms. The molecule has 142 valence electrons. The predicted molar refractivity (Wildman–Crippen MR) is 97.4 cm³/mol. The van der Waals surface area contributed by atoms with Gasteiger partial charge in [-0.3, -0.25) is 9.59 Å². The van der Waals surface area contributed by atoms with E-state index in [1.807, 2.05) is 6.07 Å². The van der Waals surface area contributed by atoms with Crippen molar-refractivity contribution in [1.29, 1.82) is 5.26 Å². The summed E-state index contributed by atoms with van der Waals surface area (Å²) in [5.74, 6) is -2.41. The monoisotopic (exact) mass is 407 g/mol. The molecule has 8 nitrogen and oxygen atoms in total. The van der Waals surface area contributed by atoms with Gasteiger partial charge in [0.2, 0.25) is 10.0 Å². The van der Waals surface area contributed by atoms with Crippen LogP contribution in [-0.2, 0) is 24.3 Å². The molecule has 0 unspecified atom stereocenters. The zero-order valence-corrected chi connectivity index (χ0v) is 16.0. The molecule has 27 heavy (non-hydrogen) atoms. The number of aryl methyl sites for hydroxylation is 1. The number of carbonyl (C=O) groups is 2. The molecule has 1 aromatic heterocycles. The molecule has 0 saturated heterocycles. The smallest absolute Gasteiger partial charge is 0.307 e. The van der Waals surface area contributed by atoms with Crippen LogP contribution in [0.15, 0.2) is 40.6 Å². The zero-order valence-electron chi connectivity index (χ0n) is 14.4. The van der Waals surface area contributed by atoms with Crippen LogP contribution in [0.3, 0.4) is 0 Å². The van der Waals surface area contributed by atoms with Crippen LogP contribution in [0.1, 0.15) is 23.0 Å². The molecule has 2 aromatic rings. The highest BCUT2D eigenvalue weighted by Crippen LogP contribution is 2.20. The Morgan fingerprint density at radius 3 is 2.63 bits per heavy atom. The van der Waals surface area contributed by atoms with Crippen LogP contribution in [0, 0.1) is 18.3 Å². The zero-order chi connectivity index (χ0) is 19.9. The van der Waals surface area contributed by atoms with Gasteiger partial charge in [0, 0.05) is 17.6 Å². The number of benzene rings is 1. The largest absolute Gasteiger partial charge is 0.458 e. The van der Waals surface area contributed by atoms with Crippen molar-refractivity contribution >= 4 is 33.1 Å². The van der Waals surface area contributed by atoms with Gasteiger partial charge in [-0.05, 0) is 19.1 Å². The summed E-state index contributed by atoms with van der Waals surface area (Å²) in [5.41, 5.74) is 0.700. The van der Waals surface area contributed by atoms with Gasteiger partial charge in [-0.2, -0.15) is 5.26 Å². The summed E-state index contributed by atoms with van der Waals surface area (Å²) in [5, 5.41) is 11.2. The minimum absolute atomic E-state index is 0.0872. The lowest BCUT2D eigenvalue weighted by Crippen LogP contribution is -2.27. The van der Waals surface area contributed by atoms with E-state index < -0.39 is 34.3 Å². The molecule has 10 heteroatoms. The number of esters is 1. The number of nitrogens with zero attached hydrogens (tertiary/aromatic N) is 2. The van der Waals surface area contributed by atoms with Crippen molar-refractivity contribution in [3.05, 3.63) is 46.4 Å². The molecule has 0 saturated carbocycles. The Labute approximate surface area is 160 Å².